The molecule has 5 heteroatoms. The van der Waals surface area contributed by atoms with Crippen molar-refractivity contribution in [3.63, 3.8) is 0 Å². The highest BCUT2D eigenvalue weighted by molar-refractivity contribution is 5.53. The lowest BCUT2D eigenvalue weighted by molar-refractivity contribution is 0.296. The van der Waals surface area contributed by atoms with Gasteiger partial charge in [-0.25, -0.2) is 9.18 Å². The lowest BCUT2D eigenvalue weighted by Crippen LogP contribution is -2.09. The molecule has 0 spiro atoms. The maximum atomic E-state index is 13.9. The van der Waals surface area contributed by atoms with Crippen LogP contribution in [0.3, 0.4) is 0 Å². The molecule has 4 nitrogen and oxygen atoms in total. The second-order valence-corrected chi connectivity index (χ2v) is 5.29. The topological polar surface area (TPSA) is 47.9 Å². The van der Waals surface area contributed by atoms with E-state index in [0.717, 1.165) is 24.8 Å². The molecule has 0 bridgehead atoms. The van der Waals surface area contributed by atoms with E-state index in [1.54, 1.807) is 18.2 Å². The minimum absolute atomic E-state index is 0.519. The third-order valence-corrected chi connectivity index (χ3v) is 3.83. The summed E-state index contributed by atoms with van der Waals surface area (Å²) in [7, 11) is 0. The number of alkyl halides is 1. The Balaban J connectivity index is 2.12. The minimum Gasteiger partial charge on any atom is -0.490 e. The van der Waals surface area contributed by atoms with Crippen molar-refractivity contribution in [3.05, 3.63) is 23.3 Å². The van der Waals surface area contributed by atoms with Crippen LogP contribution in [0, 0.1) is 0 Å². The van der Waals surface area contributed by atoms with Gasteiger partial charge in [0.2, 0.25) is 6.08 Å². The first-order chi connectivity index (χ1) is 9.66. The molecule has 0 saturated heterocycles. The van der Waals surface area contributed by atoms with Gasteiger partial charge in [-0.3, -0.25) is 0 Å². The third-order valence-electron chi connectivity index (χ3n) is 3.83. The molecule has 1 saturated carbocycles. The van der Waals surface area contributed by atoms with E-state index in [1.165, 1.54) is 6.92 Å². The van der Waals surface area contributed by atoms with Crippen LogP contribution >= 0.6 is 0 Å². The molecule has 106 valence electrons. The highest BCUT2D eigenvalue weighted by atomic mass is 19.1. The Labute approximate surface area is 116 Å². The summed E-state index contributed by atoms with van der Waals surface area (Å²) in [6.45, 7) is 2.61. The summed E-state index contributed by atoms with van der Waals surface area (Å²) in [5.74, 6) is 1.17. The van der Waals surface area contributed by atoms with Crippen molar-refractivity contribution in [2.24, 2.45) is 4.99 Å². The van der Waals surface area contributed by atoms with Crippen LogP contribution in [0.25, 0.3) is 0 Å². The van der Waals surface area contributed by atoms with Gasteiger partial charge in [0.15, 0.2) is 11.5 Å². The Kier molecular flexibility index (Phi) is 3.22. The molecule has 1 aliphatic heterocycles. The number of aliphatic imine (C=N–C) groups is 1. The molecule has 1 heterocycles. The predicted molar refractivity (Wildman–Crippen MR) is 70.6 cm³/mol. The van der Waals surface area contributed by atoms with E-state index in [1.807, 2.05) is 0 Å². The first-order valence-electron chi connectivity index (χ1n) is 6.83. The number of benzene rings is 1. The average molecular weight is 277 g/mol. The van der Waals surface area contributed by atoms with Gasteiger partial charge < -0.3 is 9.47 Å². The number of hydrogen-bond donors (Lipinski definition) is 0. The standard InChI is InChI=1S/C15H16FNO3/c1-10(16)11-7-13-14(20-6-2-5-19-13)8-12(11)15(3-4-15)17-9-18/h7-8,10H,2-6H2,1H3. The number of ether oxygens (including phenoxy) is 2. The molecule has 0 N–H and O–H groups in total. The number of halogens is 1. The Bertz CT molecular complexity index is 575. The Hall–Kier alpha value is -1.87. The van der Waals surface area contributed by atoms with E-state index >= 15 is 0 Å². The van der Waals surface area contributed by atoms with Crippen LogP contribution in [0.4, 0.5) is 4.39 Å². The van der Waals surface area contributed by atoms with Crippen molar-refractivity contribution in [3.8, 4) is 11.5 Å². The second-order valence-electron chi connectivity index (χ2n) is 5.29. The predicted octanol–water partition coefficient (Wildman–Crippen LogP) is 3.20. The fraction of sp³-hybridized carbons (Fsp3) is 0.533. The molecule has 1 aliphatic carbocycles. The van der Waals surface area contributed by atoms with Gasteiger partial charge in [-0.15, -0.1) is 0 Å². The number of hydrogen-bond acceptors (Lipinski definition) is 4. The molecular weight excluding hydrogens is 261 g/mol. The lowest BCUT2D eigenvalue weighted by Gasteiger charge is -2.19. The zero-order valence-electron chi connectivity index (χ0n) is 11.3. The van der Waals surface area contributed by atoms with E-state index in [-0.39, 0.29) is 0 Å². The molecule has 1 atom stereocenters. The summed E-state index contributed by atoms with van der Waals surface area (Å²) in [6, 6.07) is 3.46. The van der Waals surface area contributed by atoms with Crippen LogP contribution in [0.5, 0.6) is 11.5 Å². The molecule has 0 radical (unpaired) electrons. The maximum absolute atomic E-state index is 13.9. The van der Waals surface area contributed by atoms with Crippen molar-refractivity contribution in [1.82, 2.24) is 0 Å². The maximum Gasteiger partial charge on any atom is 0.235 e. The molecule has 2 aliphatic rings. The van der Waals surface area contributed by atoms with Gasteiger partial charge >= 0.3 is 0 Å². The van der Waals surface area contributed by atoms with Crippen molar-refractivity contribution in [1.29, 1.82) is 0 Å². The van der Waals surface area contributed by atoms with Crippen LogP contribution in [-0.4, -0.2) is 19.3 Å². The first kappa shape index (κ1) is 13.1. The SMILES string of the molecule is CC(F)c1cc2c(cc1C1(N=C=O)CC1)OCCCO2. The van der Waals surface area contributed by atoms with Crippen molar-refractivity contribution in [2.75, 3.05) is 13.2 Å². The Morgan fingerprint density at radius 2 is 1.95 bits per heavy atom. The largest absolute Gasteiger partial charge is 0.490 e. The highest BCUT2D eigenvalue weighted by Crippen LogP contribution is 2.53. The zero-order valence-corrected chi connectivity index (χ0v) is 11.3. The molecule has 1 aromatic carbocycles. The molecule has 0 amide bonds. The minimum atomic E-state index is -1.15. The number of isocyanates is 1. The van der Waals surface area contributed by atoms with E-state index in [9.17, 15) is 9.18 Å². The van der Waals surface area contributed by atoms with Gasteiger partial charge in [-0.1, -0.05) is 0 Å². The van der Waals surface area contributed by atoms with Gasteiger partial charge in [0.1, 0.15) is 6.17 Å². The van der Waals surface area contributed by atoms with Crippen LogP contribution < -0.4 is 9.47 Å². The van der Waals surface area contributed by atoms with Crippen molar-refractivity contribution >= 4 is 6.08 Å². The fourth-order valence-electron chi connectivity index (χ4n) is 2.60. The Morgan fingerprint density at radius 3 is 2.50 bits per heavy atom. The third kappa shape index (κ3) is 2.18. The molecule has 0 aromatic heterocycles. The molecule has 3 rings (SSSR count). The summed E-state index contributed by atoms with van der Waals surface area (Å²) in [4.78, 5) is 14.5. The van der Waals surface area contributed by atoms with Crippen LogP contribution in [0.2, 0.25) is 0 Å². The summed E-state index contributed by atoms with van der Waals surface area (Å²) in [5, 5.41) is 0. The van der Waals surface area contributed by atoms with Gasteiger partial charge in [-0.05, 0) is 43.0 Å². The fourth-order valence-corrected chi connectivity index (χ4v) is 2.60. The molecule has 1 aromatic rings. The van der Waals surface area contributed by atoms with Crippen molar-refractivity contribution in [2.45, 2.75) is 37.9 Å². The van der Waals surface area contributed by atoms with E-state index < -0.39 is 11.7 Å². The molecule has 1 unspecified atom stereocenters. The monoisotopic (exact) mass is 277 g/mol. The lowest BCUT2D eigenvalue weighted by atomic mass is 9.95. The van der Waals surface area contributed by atoms with E-state index in [0.29, 0.717) is 30.3 Å². The summed E-state index contributed by atoms with van der Waals surface area (Å²) >= 11 is 0. The number of rotatable bonds is 3. The van der Waals surface area contributed by atoms with Gasteiger partial charge in [0.25, 0.3) is 0 Å². The van der Waals surface area contributed by atoms with Gasteiger partial charge in [0.05, 0.1) is 18.8 Å². The summed E-state index contributed by atoms with van der Waals surface area (Å²) in [6.07, 6.45) is 2.73. The van der Waals surface area contributed by atoms with Crippen LogP contribution in [0.15, 0.2) is 17.1 Å². The van der Waals surface area contributed by atoms with Gasteiger partial charge in [0, 0.05) is 6.42 Å². The van der Waals surface area contributed by atoms with Crippen molar-refractivity contribution < 1.29 is 18.7 Å². The second kappa shape index (κ2) is 4.91. The number of fused-ring (bicyclic) bond motifs is 1. The highest BCUT2D eigenvalue weighted by Gasteiger charge is 2.47. The average Bonchev–Trinajstić information content (AvgIpc) is 3.21. The number of nitrogens with zero attached hydrogens (tertiary/aromatic N) is 1. The first-order valence-corrected chi connectivity index (χ1v) is 6.83. The smallest absolute Gasteiger partial charge is 0.235 e. The zero-order chi connectivity index (χ0) is 14.2. The Morgan fingerprint density at radius 1 is 1.30 bits per heavy atom. The van der Waals surface area contributed by atoms with E-state index in [4.69, 9.17) is 9.47 Å². The van der Waals surface area contributed by atoms with E-state index in [2.05, 4.69) is 4.99 Å². The van der Waals surface area contributed by atoms with Crippen LogP contribution in [0.1, 0.15) is 43.5 Å². The number of carbonyl (C=O) groups excluding carboxylic acids is 1. The van der Waals surface area contributed by atoms with Gasteiger partial charge in [-0.2, -0.15) is 4.99 Å². The summed E-state index contributed by atoms with van der Waals surface area (Å²) < 4.78 is 25.2. The normalized spacial score (nSPS) is 20.5. The van der Waals surface area contributed by atoms with Crippen LogP contribution in [-0.2, 0) is 10.3 Å². The molecule has 20 heavy (non-hydrogen) atoms. The molecule has 1 fully saturated rings. The summed E-state index contributed by atoms with van der Waals surface area (Å²) in [5.41, 5.74) is 0.633. The quantitative estimate of drug-likeness (QED) is 0.629. The molecular formula is C15H16FNO3.